The molecule has 4 nitrogen and oxygen atoms in total. The second kappa shape index (κ2) is 4.76. The molecular weight excluding hydrogens is 220 g/mol. The van der Waals surface area contributed by atoms with E-state index in [9.17, 15) is 0 Å². The first kappa shape index (κ1) is 11.3. The maximum atomic E-state index is 4.12. The predicted octanol–water partition coefficient (Wildman–Crippen LogP) is 2.04. The number of rotatable bonds is 4. The second-order valence-electron chi connectivity index (χ2n) is 3.84. The van der Waals surface area contributed by atoms with Gasteiger partial charge < -0.3 is 9.88 Å². The molecule has 0 radical (unpaired) electrons. The van der Waals surface area contributed by atoms with Crippen molar-refractivity contribution in [3.8, 4) is 0 Å². The minimum atomic E-state index is 0.358. The number of nitrogens with one attached hydrogen (secondary N) is 1. The summed E-state index contributed by atoms with van der Waals surface area (Å²) in [4.78, 5) is 1.35. The molecule has 0 unspecified atom stereocenters. The van der Waals surface area contributed by atoms with E-state index >= 15 is 0 Å². The van der Waals surface area contributed by atoms with E-state index in [0.717, 1.165) is 18.2 Å². The summed E-state index contributed by atoms with van der Waals surface area (Å²) in [5.74, 6) is 1.92. The number of nitrogens with zero attached hydrogens (tertiary/aromatic N) is 3. The molecule has 0 fully saturated rings. The Labute approximate surface area is 99.3 Å². The summed E-state index contributed by atoms with van der Waals surface area (Å²) in [6.45, 7) is 4.87. The van der Waals surface area contributed by atoms with Gasteiger partial charge in [0.15, 0.2) is 0 Å². The molecule has 0 saturated heterocycles. The van der Waals surface area contributed by atoms with Crippen LogP contribution in [0.15, 0.2) is 17.5 Å². The van der Waals surface area contributed by atoms with Crippen LogP contribution < -0.4 is 5.32 Å². The molecule has 0 aliphatic heterocycles. The van der Waals surface area contributed by atoms with Gasteiger partial charge in [-0.2, -0.15) is 0 Å². The molecule has 0 aromatic carbocycles. The summed E-state index contributed by atoms with van der Waals surface area (Å²) >= 11 is 1.77. The van der Waals surface area contributed by atoms with Crippen LogP contribution >= 0.6 is 11.3 Å². The Morgan fingerprint density at radius 1 is 1.50 bits per heavy atom. The summed E-state index contributed by atoms with van der Waals surface area (Å²) in [6.07, 6.45) is 0. The topological polar surface area (TPSA) is 42.7 Å². The number of thiophene rings is 1. The summed E-state index contributed by atoms with van der Waals surface area (Å²) in [7, 11) is 1.99. The third-order valence-electron chi connectivity index (χ3n) is 2.72. The highest BCUT2D eigenvalue weighted by molar-refractivity contribution is 7.10. The predicted molar refractivity (Wildman–Crippen MR) is 65.3 cm³/mol. The molecule has 2 heterocycles. The van der Waals surface area contributed by atoms with Gasteiger partial charge in [-0.3, -0.25) is 0 Å². The van der Waals surface area contributed by atoms with Crippen LogP contribution in [0, 0.1) is 6.92 Å². The lowest BCUT2D eigenvalue weighted by molar-refractivity contribution is 0.554. The zero-order chi connectivity index (χ0) is 11.5. The van der Waals surface area contributed by atoms with E-state index in [1.54, 1.807) is 11.3 Å². The molecule has 1 atom stereocenters. The van der Waals surface area contributed by atoms with Crippen molar-refractivity contribution in [3.05, 3.63) is 34.0 Å². The van der Waals surface area contributed by atoms with Gasteiger partial charge in [0.25, 0.3) is 0 Å². The molecule has 0 aliphatic carbocycles. The molecule has 2 aromatic heterocycles. The van der Waals surface area contributed by atoms with Crippen molar-refractivity contribution >= 4 is 11.3 Å². The summed E-state index contributed by atoms with van der Waals surface area (Å²) in [6, 6.07) is 4.58. The van der Waals surface area contributed by atoms with E-state index in [1.165, 1.54) is 4.88 Å². The Morgan fingerprint density at radius 3 is 2.88 bits per heavy atom. The normalized spacial score (nSPS) is 12.9. The highest BCUT2D eigenvalue weighted by Crippen LogP contribution is 2.18. The largest absolute Gasteiger partial charge is 0.317 e. The molecule has 0 aliphatic rings. The molecule has 0 saturated carbocycles. The van der Waals surface area contributed by atoms with Gasteiger partial charge in [0.1, 0.15) is 11.6 Å². The first-order valence-electron chi connectivity index (χ1n) is 5.30. The fourth-order valence-electron chi connectivity index (χ4n) is 1.49. The van der Waals surface area contributed by atoms with Crippen molar-refractivity contribution in [2.45, 2.75) is 26.4 Å². The minimum absolute atomic E-state index is 0.358. The molecular formula is C11H16N4S. The van der Waals surface area contributed by atoms with Crippen molar-refractivity contribution < 1.29 is 0 Å². The maximum absolute atomic E-state index is 4.12. The first-order chi connectivity index (χ1) is 7.68. The monoisotopic (exact) mass is 236 g/mol. The van der Waals surface area contributed by atoms with E-state index in [0.29, 0.717) is 6.04 Å². The van der Waals surface area contributed by atoms with E-state index in [1.807, 2.05) is 18.5 Å². The molecule has 0 bridgehead atoms. The lowest BCUT2D eigenvalue weighted by Gasteiger charge is -2.11. The van der Waals surface area contributed by atoms with E-state index in [2.05, 4.69) is 40.0 Å². The van der Waals surface area contributed by atoms with Crippen molar-refractivity contribution in [3.63, 3.8) is 0 Å². The molecule has 2 aromatic rings. The maximum Gasteiger partial charge on any atom is 0.146 e. The van der Waals surface area contributed by atoms with Crippen molar-refractivity contribution in [1.29, 1.82) is 0 Å². The quantitative estimate of drug-likeness (QED) is 0.883. The highest BCUT2D eigenvalue weighted by Gasteiger charge is 2.08. The van der Waals surface area contributed by atoms with Crippen LogP contribution in [0.2, 0.25) is 0 Å². The zero-order valence-electron chi connectivity index (χ0n) is 9.77. The minimum Gasteiger partial charge on any atom is -0.317 e. The number of hydrogen-bond acceptors (Lipinski definition) is 4. The highest BCUT2D eigenvalue weighted by atomic mass is 32.1. The van der Waals surface area contributed by atoms with Gasteiger partial charge in [-0.25, -0.2) is 0 Å². The van der Waals surface area contributed by atoms with Crippen molar-refractivity contribution in [2.75, 3.05) is 0 Å². The number of aryl methyl sites for hydroxylation is 1. The average Bonchev–Trinajstić information content (AvgIpc) is 2.89. The molecule has 1 N–H and O–H groups in total. The fourth-order valence-corrected chi connectivity index (χ4v) is 2.25. The Kier molecular flexibility index (Phi) is 3.36. The molecule has 0 spiro atoms. The van der Waals surface area contributed by atoms with E-state index in [4.69, 9.17) is 0 Å². The first-order valence-corrected chi connectivity index (χ1v) is 6.18. The van der Waals surface area contributed by atoms with Crippen LogP contribution in [0.1, 0.15) is 29.5 Å². The fraction of sp³-hybridized carbons (Fsp3) is 0.455. The number of aromatic nitrogens is 3. The molecule has 16 heavy (non-hydrogen) atoms. The van der Waals surface area contributed by atoms with Crippen molar-refractivity contribution in [2.24, 2.45) is 7.05 Å². The van der Waals surface area contributed by atoms with E-state index in [-0.39, 0.29) is 0 Å². The zero-order valence-corrected chi connectivity index (χ0v) is 10.6. The SMILES string of the molecule is Cc1nnc(CN[C@H](C)c2cccs2)n1C. The van der Waals surface area contributed by atoms with Gasteiger partial charge in [-0.1, -0.05) is 6.07 Å². The lowest BCUT2D eigenvalue weighted by Crippen LogP contribution is -2.19. The van der Waals surface area contributed by atoms with Gasteiger partial charge in [0, 0.05) is 18.0 Å². The van der Waals surface area contributed by atoms with Gasteiger partial charge in [0.2, 0.25) is 0 Å². The average molecular weight is 236 g/mol. The van der Waals surface area contributed by atoms with Gasteiger partial charge in [0.05, 0.1) is 6.54 Å². The standard InChI is InChI=1S/C11H16N4S/c1-8(10-5-4-6-16-10)12-7-11-14-13-9(2)15(11)3/h4-6,8,12H,7H2,1-3H3/t8-/m1/s1. The van der Waals surface area contributed by atoms with Gasteiger partial charge >= 0.3 is 0 Å². The second-order valence-corrected chi connectivity index (χ2v) is 4.82. The van der Waals surface area contributed by atoms with Gasteiger partial charge in [-0.15, -0.1) is 21.5 Å². The smallest absolute Gasteiger partial charge is 0.146 e. The van der Waals surface area contributed by atoms with Crippen LogP contribution in [-0.4, -0.2) is 14.8 Å². The summed E-state index contributed by atoms with van der Waals surface area (Å²) < 4.78 is 2.01. The van der Waals surface area contributed by atoms with E-state index < -0.39 is 0 Å². The Hall–Kier alpha value is -1.20. The Morgan fingerprint density at radius 2 is 2.31 bits per heavy atom. The molecule has 0 amide bonds. The molecule has 2 rings (SSSR count). The lowest BCUT2D eigenvalue weighted by atomic mass is 10.3. The molecule has 86 valence electrons. The van der Waals surface area contributed by atoms with Crippen LogP contribution in [0.3, 0.4) is 0 Å². The van der Waals surface area contributed by atoms with Crippen LogP contribution in [-0.2, 0) is 13.6 Å². The number of hydrogen-bond donors (Lipinski definition) is 1. The Balaban J connectivity index is 1.95. The van der Waals surface area contributed by atoms with Crippen LogP contribution in [0.5, 0.6) is 0 Å². The van der Waals surface area contributed by atoms with Crippen LogP contribution in [0.25, 0.3) is 0 Å². The summed E-state index contributed by atoms with van der Waals surface area (Å²) in [5, 5.41) is 13.7. The third kappa shape index (κ3) is 2.31. The Bertz CT molecular complexity index is 447. The third-order valence-corrected chi connectivity index (χ3v) is 3.77. The molecule has 5 heteroatoms. The van der Waals surface area contributed by atoms with Gasteiger partial charge in [-0.05, 0) is 25.3 Å². The van der Waals surface area contributed by atoms with Crippen LogP contribution in [0.4, 0.5) is 0 Å². The van der Waals surface area contributed by atoms with Crippen molar-refractivity contribution in [1.82, 2.24) is 20.1 Å². The summed E-state index contributed by atoms with van der Waals surface area (Å²) in [5.41, 5.74) is 0.